The molecule has 0 spiro atoms. The Labute approximate surface area is 216 Å². The van der Waals surface area contributed by atoms with Gasteiger partial charge in [0, 0.05) is 31.9 Å². The minimum atomic E-state index is -0.286. The van der Waals surface area contributed by atoms with Crippen molar-refractivity contribution in [1.29, 1.82) is 0 Å². The third-order valence-electron chi connectivity index (χ3n) is 6.90. The second kappa shape index (κ2) is 11.0. The van der Waals surface area contributed by atoms with Crippen molar-refractivity contribution < 1.29 is 14.3 Å². The zero-order chi connectivity index (χ0) is 25.8. The number of nitrogens with one attached hydrogen (secondary N) is 1. The number of carbonyl (C=O) groups is 2. The summed E-state index contributed by atoms with van der Waals surface area (Å²) in [6, 6.07) is 7.30. The van der Waals surface area contributed by atoms with E-state index in [9.17, 15) is 9.59 Å². The highest BCUT2D eigenvalue weighted by atomic mass is 16.5. The molecular formula is C27H33N7O3. The van der Waals surface area contributed by atoms with Gasteiger partial charge in [-0.2, -0.15) is 10.1 Å². The lowest BCUT2D eigenvalue weighted by Crippen LogP contribution is -2.54. The number of nitrogens with zero attached hydrogens (tertiary/aromatic N) is 6. The third-order valence-corrected chi connectivity index (χ3v) is 6.90. The van der Waals surface area contributed by atoms with Crippen LogP contribution in [0.5, 0.6) is 0 Å². The van der Waals surface area contributed by atoms with Crippen molar-refractivity contribution in [1.82, 2.24) is 19.7 Å². The SMILES string of the molecule is CCCCOC(=O)c1ccc(Cn2cc(CNc3ncc4c(n3)N3CCCC[C@H]3C(=O)N4C)cn2)cc1. The van der Waals surface area contributed by atoms with Crippen LogP contribution in [0.2, 0.25) is 0 Å². The van der Waals surface area contributed by atoms with Crippen LogP contribution in [-0.2, 0) is 22.6 Å². The predicted molar refractivity (Wildman–Crippen MR) is 141 cm³/mol. The fraction of sp³-hybridized carbons (Fsp3) is 0.444. The molecule has 37 heavy (non-hydrogen) atoms. The number of rotatable bonds is 9. The first-order valence-corrected chi connectivity index (χ1v) is 13.0. The monoisotopic (exact) mass is 503 g/mol. The molecule has 5 rings (SSSR count). The zero-order valence-electron chi connectivity index (χ0n) is 21.4. The first-order chi connectivity index (χ1) is 18.0. The second-order valence-electron chi connectivity index (χ2n) is 9.59. The molecule has 1 fully saturated rings. The number of anilines is 3. The van der Waals surface area contributed by atoms with Crippen LogP contribution in [0.25, 0.3) is 0 Å². The Bertz CT molecular complexity index is 1260. The number of unbranched alkanes of at least 4 members (excludes halogenated alkanes) is 1. The van der Waals surface area contributed by atoms with Crippen LogP contribution in [0.15, 0.2) is 42.9 Å². The summed E-state index contributed by atoms with van der Waals surface area (Å²) in [5, 5.41) is 7.76. The third kappa shape index (κ3) is 5.42. The number of hydrogen-bond donors (Lipinski definition) is 1. The average Bonchev–Trinajstić information content (AvgIpc) is 3.38. The molecule has 0 unspecified atom stereocenters. The maximum Gasteiger partial charge on any atom is 0.338 e. The average molecular weight is 504 g/mol. The number of hydrogen-bond acceptors (Lipinski definition) is 8. The highest BCUT2D eigenvalue weighted by Crippen LogP contribution is 2.37. The summed E-state index contributed by atoms with van der Waals surface area (Å²) in [5.41, 5.74) is 3.35. The number of amides is 1. The number of piperidine rings is 1. The molecule has 0 aliphatic carbocycles. The summed E-state index contributed by atoms with van der Waals surface area (Å²) in [7, 11) is 1.80. The van der Waals surface area contributed by atoms with Gasteiger partial charge < -0.3 is 19.9 Å². The van der Waals surface area contributed by atoms with Gasteiger partial charge in [0.2, 0.25) is 11.9 Å². The van der Waals surface area contributed by atoms with Crippen molar-refractivity contribution in [2.45, 2.75) is 58.2 Å². The number of esters is 1. The Morgan fingerprint density at radius 2 is 2.00 bits per heavy atom. The number of benzene rings is 1. The van der Waals surface area contributed by atoms with Gasteiger partial charge in [-0.1, -0.05) is 25.5 Å². The van der Waals surface area contributed by atoms with Crippen molar-refractivity contribution in [2.75, 3.05) is 35.3 Å². The molecule has 10 heteroatoms. The number of ether oxygens (including phenoxy) is 1. The molecule has 4 heterocycles. The molecule has 1 N–H and O–H groups in total. The van der Waals surface area contributed by atoms with Gasteiger partial charge in [0.25, 0.3) is 0 Å². The Morgan fingerprint density at radius 1 is 1.16 bits per heavy atom. The van der Waals surface area contributed by atoms with Gasteiger partial charge >= 0.3 is 5.97 Å². The minimum Gasteiger partial charge on any atom is -0.462 e. The van der Waals surface area contributed by atoms with E-state index in [1.165, 1.54) is 0 Å². The quantitative estimate of drug-likeness (QED) is 0.349. The van der Waals surface area contributed by atoms with Gasteiger partial charge in [0.05, 0.1) is 31.1 Å². The van der Waals surface area contributed by atoms with Gasteiger partial charge in [-0.3, -0.25) is 9.48 Å². The number of aromatic nitrogens is 4. The number of carbonyl (C=O) groups excluding carboxylic acids is 2. The molecule has 2 aromatic heterocycles. The van der Waals surface area contributed by atoms with Crippen molar-refractivity contribution in [3.63, 3.8) is 0 Å². The highest BCUT2D eigenvalue weighted by Gasteiger charge is 2.39. The Morgan fingerprint density at radius 3 is 2.81 bits per heavy atom. The van der Waals surface area contributed by atoms with Crippen LogP contribution < -0.4 is 15.1 Å². The van der Waals surface area contributed by atoms with E-state index in [2.05, 4.69) is 27.2 Å². The van der Waals surface area contributed by atoms with Gasteiger partial charge in [-0.05, 0) is 43.4 Å². The summed E-state index contributed by atoms with van der Waals surface area (Å²) in [6.45, 7) is 4.47. The molecule has 2 aliphatic rings. The smallest absolute Gasteiger partial charge is 0.338 e. The largest absolute Gasteiger partial charge is 0.462 e. The zero-order valence-corrected chi connectivity index (χ0v) is 21.4. The first kappa shape index (κ1) is 24.7. The Hall–Kier alpha value is -3.95. The van der Waals surface area contributed by atoms with E-state index in [0.29, 0.717) is 31.2 Å². The van der Waals surface area contributed by atoms with E-state index in [-0.39, 0.29) is 17.9 Å². The molecule has 2 aliphatic heterocycles. The topological polar surface area (TPSA) is 105 Å². The molecule has 0 radical (unpaired) electrons. The fourth-order valence-corrected chi connectivity index (χ4v) is 4.77. The van der Waals surface area contributed by atoms with Gasteiger partial charge in [0.1, 0.15) is 11.7 Å². The molecule has 3 aromatic rings. The molecule has 1 atom stereocenters. The summed E-state index contributed by atoms with van der Waals surface area (Å²) >= 11 is 0. The Kier molecular flexibility index (Phi) is 7.34. The van der Waals surface area contributed by atoms with E-state index in [1.54, 1.807) is 30.3 Å². The van der Waals surface area contributed by atoms with E-state index >= 15 is 0 Å². The van der Waals surface area contributed by atoms with Crippen LogP contribution in [0.1, 0.15) is 60.5 Å². The van der Waals surface area contributed by atoms with Crippen molar-refractivity contribution in [3.05, 3.63) is 59.5 Å². The van der Waals surface area contributed by atoms with E-state index < -0.39 is 0 Å². The first-order valence-electron chi connectivity index (χ1n) is 13.0. The van der Waals surface area contributed by atoms with Gasteiger partial charge in [-0.25, -0.2) is 9.78 Å². The highest BCUT2D eigenvalue weighted by molar-refractivity contribution is 6.04. The Balaban J connectivity index is 1.19. The molecule has 10 nitrogen and oxygen atoms in total. The maximum absolute atomic E-state index is 12.7. The summed E-state index contributed by atoms with van der Waals surface area (Å²) in [4.78, 5) is 37.8. The molecule has 1 aromatic carbocycles. The standard InChI is InChI=1S/C27H33N7O3/c1-3-4-13-37-26(36)21-10-8-19(9-11-21)17-33-18-20(15-30-33)14-28-27-29-16-23-24(31-27)34-12-6-5-7-22(34)25(35)32(23)2/h8-11,15-16,18,22H,3-7,12-14,17H2,1-2H3,(H,28,29,31)/t22-/m0/s1. The van der Waals surface area contributed by atoms with Crippen LogP contribution in [-0.4, -0.2) is 57.9 Å². The lowest BCUT2D eigenvalue weighted by atomic mass is 9.98. The van der Waals surface area contributed by atoms with E-state index in [0.717, 1.165) is 61.3 Å². The second-order valence-corrected chi connectivity index (χ2v) is 9.59. The van der Waals surface area contributed by atoms with Gasteiger partial charge in [-0.15, -0.1) is 0 Å². The molecule has 194 valence electrons. The van der Waals surface area contributed by atoms with Gasteiger partial charge in [0.15, 0.2) is 5.82 Å². The van der Waals surface area contributed by atoms with Crippen LogP contribution in [0.3, 0.4) is 0 Å². The fourth-order valence-electron chi connectivity index (χ4n) is 4.77. The summed E-state index contributed by atoms with van der Waals surface area (Å²) in [5.74, 6) is 1.18. The van der Waals surface area contributed by atoms with E-state index in [1.807, 2.05) is 29.2 Å². The predicted octanol–water partition coefficient (Wildman–Crippen LogP) is 3.63. The number of likely N-dealkylation sites (N-methyl/N-ethyl adjacent to an activating group) is 1. The van der Waals surface area contributed by atoms with Crippen molar-refractivity contribution >= 4 is 29.3 Å². The lowest BCUT2D eigenvalue weighted by Gasteiger charge is -2.43. The van der Waals surface area contributed by atoms with Crippen LogP contribution in [0.4, 0.5) is 17.5 Å². The molecule has 0 bridgehead atoms. The van der Waals surface area contributed by atoms with Crippen molar-refractivity contribution in [2.24, 2.45) is 0 Å². The molecular weight excluding hydrogens is 470 g/mol. The number of fused-ring (bicyclic) bond motifs is 3. The van der Waals surface area contributed by atoms with Crippen LogP contribution >= 0.6 is 0 Å². The lowest BCUT2D eigenvalue weighted by molar-refractivity contribution is -0.120. The summed E-state index contributed by atoms with van der Waals surface area (Å²) in [6.07, 6.45) is 10.4. The molecule has 0 saturated carbocycles. The maximum atomic E-state index is 12.7. The van der Waals surface area contributed by atoms with Crippen LogP contribution in [0, 0.1) is 0 Å². The minimum absolute atomic E-state index is 0.116. The summed E-state index contributed by atoms with van der Waals surface area (Å²) < 4.78 is 7.13. The van der Waals surface area contributed by atoms with E-state index in [4.69, 9.17) is 9.72 Å². The normalized spacial score (nSPS) is 16.8. The molecule has 1 amide bonds. The van der Waals surface area contributed by atoms with Crippen molar-refractivity contribution in [3.8, 4) is 0 Å². The molecule has 1 saturated heterocycles.